The molecule has 0 aromatic carbocycles. The van der Waals surface area contributed by atoms with Crippen molar-refractivity contribution in [3.8, 4) is 0 Å². The molecule has 0 bridgehead atoms. The number of carbonyl (C=O) groups excluding carboxylic acids is 1. The van der Waals surface area contributed by atoms with Crippen molar-refractivity contribution in [3.05, 3.63) is 12.3 Å². The zero-order valence-corrected chi connectivity index (χ0v) is 7.66. The molecule has 0 saturated heterocycles. The van der Waals surface area contributed by atoms with Crippen molar-refractivity contribution in [2.24, 2.45) is 5.92 Å². The van der Waals surface area contributed by atoms with Gasteiger partial charge in [0.2, 0.25) is 0 Å². The van der Waals surface area contributed by atoms with Gasteiger partial charge in [0.15, 0.2) is 0 Å². The maximum absolute atomic E-state index is 11.1. The quantitative estimate of drug-likeness (QED) is 0.665. The molecule has 72 valence electrons. The maximum atomic E-state index is 11.1. The van der Waals surface area contributed by atoms with Crippen molar-refractivity contribution in [2.45, 2.75) is 31.7 Å². The van der Waals surface area contributed by atoms with Crippen LogP contribution in [0.4, 0.5) is 0 Å². The average Bonchev–Trinajstić information content (AvgIpc) is 2.72. The molecule has 2 aliphatic rings. The molecule has 1 unspecified atom stereocenters. The second-order valence-corrected chi connectivity index (χ2v) is 3.76. The summed E-state index contributed by atoms with van der Waals surface area (Å²) in [6, 6.07) is 0.627. The van der Waals surface area contributed by atoms with E-state index in [1.165, 1.54) is 31.9 Å². The van der Waals surface area contributed by atoms with Crippen LogP contribution in [0.25, 0.3) is 0 Å². The van der Waals surface area contributed by atoms with Crippen molar-refractivity contribution >= 4 is 5.97 Å². The van der Waals surface area contributed by atoms with Crippen LogP contribution >= 0.6 is 0 Å². The van der Waals surface area contributed by atoms with Crippen LogP contribution in [0, 0.1) is 5.92 Å². The first-order valence-electron chi connectivity index (χ1n) is 4.97. The van der Waals surface area contributed by atoms with Gasteiger partial charge in [-0.15, -0.1) is 0 Å². The van der Waals surface area contributed by atoms with Crippen molar-refractivity contribution < 1.29 is 9.53 Å². The second-order valence-electron chi connectivity index (χ2n) is 3.76. The lowest BCUT2D eigenvalue weighted by atomic mass is 10.1. The number of hydrogen-bond acceptors (Lipinski definition) is 3. The van der Waals surface area contributed by atoms with Gasteiger partial charge in [-0.25, -0.2) is 0 Å². The van der Waals surface area contributed by atoms with Crippen LogP contribution in [0.1, 0.15) is 25.7 Å². The Morgan fingerprint density at radius 2 is 2.23 bits per heavy atom. The largest absolute Gasteiger partial charge is 0.434 e. The summed E-state index contributed by atoms with van der Waals surface area (Å²) in [5.74, 6) is -0.175. The molecule has 0 aromatic rings. The summed E-state index contributed by atoms with van der Waals surface area (Å²) in [5.41, 5.74) is 0. The number of esters is 1. The average molecular weight is 181 g/mol. The van der Waals surface area contributed by atoms with Crippen molar-refractivity contribution in [2.75, 3.05) is 6.54 Å². The predicted octanol–water partition coefficient (Wildman–Crippen LogP) is 1.21. The number of hydrogen-bond donors (Lipinski definition) is 1. The minimum Gasteiger partial charge on any atom is -0.434 e. The molecule has 1 aliphatic carbocycles. The number of ether oxygens (including phenoxy) is 1. The molecular formula is C10H15NO2. The smallest absolute Gasteiger partial charge is 0.319 e. The molecule has 1 aliphatic heterocycles. The number of nitrogens with one attached hydrogen (secondary N) is 1. The third-order valence-corrected chi connectivity index (χ3v) is 2.78. The minimum absolute atomic E-state index is 0.0550. The second kappa shape index (κ2) is 3.92. The molecule has 1 atom stereocenters. The Hall–Kier alpha value is -0.830. The van der Waals surface area contributed by atoms with Gasteiger partial charge in [0.25, 0.3) is 0 Å². The molecule has 2 rings (SSSR count). The van der Waals surface area contributed by atoms with E-state index in [9.17, 15) is 4.79 Å². The summed E-state index contributed by atoms with van der Waals surface area (Å²) >= 11 is 0. The molecule has 1 fully saturated rings. The van der Waals surface area contributed by atoms with E-state index >= 15 is 0 Å². The normalized spacial score (nSPS) is 28.3. The van der Waals surface area contributed by atoms with Crippen LogP contribution in [-0.2, 0) is 9.53 Å². The Morgan fingerprint density at radius 3 is 2.85 bits per heavy atom. The summed E-state index contributed by atoms with van der Waals surface area (Å²) in [5, 5.41) is 3.40. The molecule has 0 spiro atoms. The van der Waals surface area contributed by atoms with Gasteiger partial charge < -0.3 is 10.1 Å². The zero-order chi connectivity index (χ0) is 9.10. The Bertz CT molecular complexity index is 219. The van der Waals surface area contributed by atoms with Gasteiger partial charge in [-0.05, 0) is 18.9 Å². The van der Waals surface area contributed by atoms with E-state index < -0.39 is 0 Å². The first-order chi connectivity index (χ1) is 6.36. The zero-order valence-electron chi connectivity index (χ0n) is 7.66. The fourth-order valence-electron chi connectivity index (χ4n) is 1.94. The molecule has 1 heterocycles. The van der Waals surface area contributed by atoms with E-state index in [1.807, 2.05) is 6.08 Å². The Balaban J connectivity index is 1.72. The first-order valence-corrected chi connectivity index (χ1v) is 4.97. The number of cyclic esters (lactones) is 1. The van der Waals surface area contributed by atoms with Crippen LogP contribution in [0.5, 0.6) is 0 Å². The predicted molar refractivity (Wildman–Crippen MR) is 49.0 cm³/mol. The molecule has 0 amide bonds. The molecule has 0 radical (unpaired) electrons. The Labute approximate surface area is 78.1 Å². The Morgan fingerprint density at radius 1 is 1.46 bits per heavy atom. The molecule has 13 heavy (non-hydrogen) atoms. The highest BCUT2D eigenvalue weighted by Gasteiger charge is 2.23. The standard InChI is InChI=1S/C10H15NO2/c12-10-8(5-6-13-10)7-11-9-3-1-2-4-9/h5-6,8-9,11H,1-4,7H2. The van der Waals surface area contributed by atoms with Crippen LogP contribution in [0.2, 0.25) is 0 Å². The third kappa shape index (κ3) is 2.10. The van der Waals surface area contributed by atoms with Crippen LogP contribution in [0.3, 0.4) is 0 Å². The highest BCUT2D eigenvalue weighted by atomic mass is 16.5. The van der Waals surface area contributed by atoms with E-state index in [2.05, 4.69) is 5.32 Å². The fourth-order valence-corrected chi connectivity index (χ4v) is 1.94. The van der Waals surface area contributed by atoms with Crippen molar-refractivity contribution in [3.63, 3.8) is 0 Å². The van der Waals surface area contributed by atoms with Gasteiger partial charge in [-0.3, -0.25) is 4.79 Å². The molecule has 0 aromatic heterocycles. The number of rotatable bonds is 3. The Kier molecular flexibility index (Phi) is 2.64. The van der Waals surface area contributed by atoms with E-state index in [0.717, 1.165) is 6.54 Å². The van der Waals surface area contributed by atoms with Gasteiger partial charge in [0.05, 0.1) is 12.2 Å². The van der Waals surface area contributed by atoms with Crippen LogP contribution in [-0.4, -0.2) is 18.6 Å². The van der Waals surface area contributed by atoms with Gasteiger partial charge in [0, 0.05) is 12.6 Å². The summed E-state index contributed by atoms with van der Waals surface area (Å²) in [4.78, 5) is 11.1. The minimum atomic E-state index is -0.120. The summed E-state index contributed by atoms with van der Waals surface area (Å²) in [6.07, 6.45) is 8.47. The maximum Gasteiger partial charge on any atom is 0.319 e. The molecular weight excluding hydrogens is 166 g/mol. The highest BCUT2D eigenvalue weighted by Crippen LogP contribution is 2.18. The monoisotopic (exact) mass is 181 g/mol. The lowest BCUT2D eigenvalue weighted by molar-refractivity contribution is -0.138. The van der Waals surface area contributed by atoms with Gasteiger partial charge >= 0.3 is 5.97 Å². The third-order valence-electron chi connectivity index (χ3n) is 2.78. The molecule has 1 saturated carbocycles. The van der Waals surface area contributed by atoms with E-state index in [4.69, 9.17) is 4.74 Å². The van der Waals surface area contributed by atoms with Crippen molar-refractivity contribution in [1.29, 1.82) is 0 Å². The lowest BCUT2D eigenvalue weighted by Crippen LogP contribution is -2.32. The molecule has 3 heteroatoms. The van der Waals surface area contributed by atoms with Crippen LogP contribution in [0.15, 0.2) is 12.3 Å². The summed E-state index contributed by atoms with van der Waals surface area (Å²) in [7, 11) is 0. The van der Waals surface area contributed by atoms with E-state index in [1.54, 1.807) is 0 Å². The molecule has 1 N–H and O–H groups in total. The van der Waals surface area contributed by atoms with Gasteiger partial charge in [-0.1, -0.05) is 12.8 Å². The topological polar surface area (TPSA) is 38.3 Å². The summed E-state index contributed by atoms with van der Waals surface area (Å²) in [6.45, 7) is 0.736. The van der Waals surface area contributed by atoms with Gasteiger partial charge in [0.1, 0.15) is 0 Å². The van der Waals surface area contributed by atoms with Gasteiger partial charge in [-0.2, -0.15) is 0 Å². The number of carbonyl (C=O) groups is 1. The molecule has 3 nitrogen and oxygen atoms in total. The summed E-state index contributed by atoms with van der Waals surface area (Å²) < 4.78 is 4.72. The van der Waals surface area contributed by atoms with Crippen molar-refractivity contribution in [1.82, 2.24) is 5.32 Å². The lowest BCUT2D eigenvalue weighted by Gasteiger charge is -2.12. The van der Waals surface area contributed by atoms with Crippen LogP contribution < -0.4 is 5.32 Å². The first kappa shape index (κ1) is 8.75. The fraction of sp³-hybridized carbons (Fsp3) is 0.700. The van der Waals surface area contributed by atoms with E-state index in [0.29, 0.717) is 6.04 Å². The van der Waals surface area contributed by atoms with E-state index in [-0.39, 0.29) is 11.9 Å². The highest BCUT2D eigenvalue weighted by molar-refractivity contribution is 5.77. The SMILES string of the molecule is O=C1OC=CC1CNC1CCCC1.